The number of fused-ring (bicyclic) bond motifs is 1. The Morgan fingerprint density at radius 3 is 2.54 bits per heavy atom. The van der Waals surface area contributed by atoms with Crippen LogP contribution in [0.1, 0.15) is 37.3 Å². The molecule has 0 unspecified atom stereocenters. The Bertz CT molecular complexity index is 1180. The summed E-state index contributed by atoms with van der Waals surface area (Å²) in [5.41, 5.74) is 8.81. The van der Waals surface area contributed by atoms with Crippen molar-refractivity contribution in [2.24, 2.45) is 5.73 Å². The molecule has 2 aromatic carbocycles. The molecule has 0 saturated carbocycles. The molecule has 3 aromatic rings. The number of para-hydroxylation sites is 1. The lowest BCUT2D eigenvalue weighted by Gasteiger charge is -2.22. The molecule has 5 N–H and O–H groups in total. The second-order valence-corrected chi connectivity index (χ2v) is 9.32. The van der Waals surface area contributed by atoms with E-state index in [0.29, 0.717) is 22.9 Å². The van der Waals surface area contributed by atoms with E-state index < -0.39 is 29.9 Å². The number of nitrogens with two attached hydrogens (primary N) is 1. The first-order chi connectivity index (χ1) is 16.8. The van der Waals surface area contributed by atoms with Gasteiger partial charge in [0.2, 0.25) is 18.1 Å². The van der Waals surface area contributed by atoms with Crippen molar-refractivity contribution < 1.29 is 14.4 Å². The monoisotopic (exact) mass is 515 g/mol. The fraction of sp³-hybridized carbons (Fsp3) is 0.346. The van der Waals surface area contributed by atoms with Crippen LogP contribution in [-0.4, -0.2) is 41.2 Å². The van der Waals surface area contributed by atoms with Gasteiger partial charge in [0.25, 0.3) is 0 Å². The maximum Gasteiger partial charge on any atom is 0.243 e. The van der Waals surface area contributed by atoms with Gasteiger partial charge in [-0.3, -0.25) is 14.4 Å². The summed E-state index contributed by atoms with van der Waals surface area (Å²) in [6, 6.07) is 10.2. The molecule has 0 fully saturated rings. The standard InChI is InChI=1S/C26H29Cl2N4O3/c1-2-3-7-24(26(35)31-18(15-33)11-16-9-10-20(27)21(28)12-16)32-25(34)22(29)13-17-14-30-23-8-5-4-6-19(17)23/h4-6,8-10,12,14,18,22,24,30H,2-3,7,11,13,29H2,1H3,(H,31,35)(H,32,34)/t18-,22-,24-/m0/s1. The highest BCUT2D eigenvalue weighted by atomic mass is 35.5. The summed E-state index contributed by atoms with van der Waals surface area (Å²) in [4.78, 5) is 40.6. The normalized spacial score (nSPS) is 13.7. The first-order valence-electron chi connectivity index (χ1n) is 11.5. The zero-order valence-corrected chi connectivity index (χ0v) is 21.0. The molecule has 35 heavy (non-hydrogen) atoms. The topological polar surface area (TPSA) is 117 Å². The molecule has 9 heteroatoms. The van der Waals surface area contributed by atoms with Crippen LogP contribution in [0.5, 0.6) is 0 Å². The highest BCUT2D eigenvalue weighted by Crippen LogP contribution is 2.23. The van der Waals surface area contributed by atoms with Gasteiger partial charge in [0.15, 0.2) is 0 Å². The number of aromatic amines is 1. The fourth-order valence-electron chi connectivity index (χ4n) is 3.88. The molecule has 0 bridgehead atoms. The Hall–Kier alpha value is -2.87. The lowest BCUT2D eigenvalue weighted by molar-refractivity contribution is -0.130. The van der Waals surface area contributed by atoms with Crippen LogP contribution in [0.15, 0.2) is 48.7 Å². The predicted molar refractivity (Wildman–Crippen MR) is 139 cm³/mol. The maximum atomic E-state index is 13.0. The van der Waals surface area contributed by atoms with Gasteiger partial charge in [-0.1, -0.05) is 67.2 Å². The number of carbonyl (C=O) groups excluding carboxylic acids is 3. The molecular formula is C26H29Cl2N4O3. The van der Waals surface area contributed by atoms with Crippen molar-refractivity contribution >= 4 is 52.2 Å². The number of halogens is 2. The Morgan fingerprint density at radius 1 is 1.06 bits per heavy atom. The van der Waals surface area contributed by atoms with E-state index in [1.165, 1.54) is 0 Å². The molecule has 0 saturated heterocycles. The van der Waals surface area contributed by atoms with E-state index >= 15 is 0 Å². The van der Waals surface area contributed by atoms with Crippen LogP contribution in [0, 0.1) is 0 Å². The molecule has 1 radical (unpaired) electrons. The molecular weight excluding hydrogens is 487 g/mol. The number of hydrogen-bond donors (Lipinski definition) is 4. The second-order valence-electron chi connectivity index (χ2n) is 8.51. The van der Waals surface area contributed by atoms with Crippen LogP contribution in [0.25, 0.3) is 10.9 Å². The van der Waals surface area contributed by atoms with Gasteiger partial charge in [-0.15, -0.1) is 0 Å². The van der Waals surface area contributed by atoms with Gasteiger partial charge in [0.1, 0.15) is 6.04 Å². The molecule has 3 atom stereocenters. The van der Waals surface area contributed by atoms with Crippen molar-refractivity contribution in [2.75, 3.05) is 0 Å². The summed E-state index contributed by atoms with van der Waals surface area (Å²) in [5, 5.41) is 7.20. The van der Waals surface area contributed by atoms with Gasteiger partial charge >= 0.3 is 0 Å². The van der Waals surface area contributed by atoms with Gasteiger partial charge in [-0.05, 0) is 42.2 Å². The van der Waals surface area contributed by atoms with Crippen LogP contribution in [0.2, 0.25) is 10.0 Å². The van der Waals surface area contributed by atoms with E-state index in [1.54, 1.807) is 18.2 Å². The van der Waals surface area contributed by atoms with Crippen molar-refractivity contribution in [1.29, 1.82) is 0 Å². The van der Waals surface area contributed by atoms with Crippen LogP contribution in [0.3, 0.4) is 0 Å². The van der Waals surface area contributed by atoms with E-state index in [-0.39, 0.29) is 6.42 Å². The van der Waals surface area contributed by atoms with Crippen molar-refractivity contribution in [3.05, 3.63) is 69.8 Å². The molecule has 0 spiro atoms. The van der Waals surface area contributed by atoms with Gasteiger partial charge in [-0.25, -0.2) is 0 Å². The van der Waals surface area contributed by atoms with Crippen molar-refractivity contribution in [3.63, 3.8) is 0 Å². The molecule has 0 aliphatic carbocycles. The molecule has 185 valence electrons. The fourth-order valence-corrected chi connectivity index (χ4v) is 4.20. The van der Waals surface area contributed by atoms with Gasteiger partial charge in [0, 0.05) is 23.5 Å². The number of aromatic nitrogens is 1. The predicted octanol–water partition coefficient (Wildman–Crippen LogP) is 3.86. The quantitative estimate of drug-likeness (QED) is 0.293. The third-order valence-corrected chi connectivity index (χ3v) is 6.55. The Balaban J connectivity index is 1.63. The van der Waals surface area contributed by atoms with Gasteiger partial charge in [0.05, 0.1) is 22.1 Å². The number of carbonyl (C=O) groups is 2. The Morgan fingerprint density at radius 2 is 1.83 bits per heavy atom. The molecule has 1 heterocycles. The minimum absolute atomic E-state index is 0.195. The van der Waals surface area contributed by atoms with Crippen LogP contribution in [-0.2, 0) is 27.2 Å². The first kappa shape index (κ1) is 26.7. The minimum Gasteiger partial charge on any atom is -0.361 e. The van der Waals surface area contributed by atoms with Crippen molar-refractivity contribution in [2.45, 2.75) is 57.2 Å². The largest absolute Gasteiger partial charge is 0.361 e. The molecule has 0 aliphatic heterocycles. The first-order valence-corrected chi connectivity index (χ1v) is 12.3. The third-order valence-electron chi connectivity index (χ3n) is 5.81. The summed E-state index contributed by atoms with van der Waals surface area (Å²) >= 11 is 12.0. The van der Waals surface area contributed by atoms with E-state index in [1.807, 2.05) is 43.7 Å². The van der Waals surface area contributed by atoms with E-state index in [4.69, 9.17) is 28.9 Å². The number of nitrogens with one attached hydrogen (secondary N) is 3. The van der Waals surface area contributed by atoms with E-state index in [2.05, 4.69) is 15.6 Å². The van der Waals surface area contributed by atoms with Crippen LogP contribution in [0.4, 0.5) is 0 Å². The lowest BCUT2D eigenvalue weighted by atomic mass is 10.0. The minimum atomic E-state index is -0.902. The number of amides is 2. The van der Waals surface area contributed by atoms with Crippen LogP contribution < -0.4 is 16.4 Å². The Kier molecular flexibility index (Phi) is 9.72. The van der Waals surface area contributed by atoms with Gasteiger partial charge in [-0.2, -0.15) is 0 Å². The van der Waals surface area contributed by atoms with E-state index in [9.17, 15) is 14.4 Å². The summed E-state index contributed by atoms with van der Waals surface area (Å²) in [5.74, 6) is -0.887. The van der Waals surface area contributed by atoms with Crippen LogP contribution >= 0.6 is 23.2 Å². The average Bonchev–Trinajstić information content (AvgIpc) is 3.26. The smallest absolute Gasteiger partial charge is 0.243 e. The summed E-state index contributed by atoms with van der Waals surface area (Å²) < 4.78 is 0. The number of rotatable bonds is 12. The maximum absolute atomic E-state index is 13.0. The molecule has 1 aromatic heterocycles. The zero-order valence-electron chi connectivity index (χ0n) is 19.4. The van der Waals surface area contributed by atoms with Crippen molar-refractivity contribution in [1.82, 2.24) is 15.6 Å². The third kappa shape index (κ3) is 7.31. The summed E-state index contributed by atoms with van der Waals surface area (Å²) in [6.07, 6.45) is 6.19. The Labute approximate surface area is 214 Å². The number of unbranched alkanes of at least 4 members (excludes halogenated alkanes) is 1. The number of benzene rings is 2. The zero-order chi connectivity index (χ0) is 25.4. The highest BCUT2D eigenvalue weighted by molar-refractivity contribution is 6.42. The number of hydrogen-bond acceptors (Lipinski definition) is 4. The summed E-state index contributed by atoms with van der Waals surface area (Å²) in [7, 11) is 0. The molecule has 3 rings (SSSR count). The molecule has 2 amide bonds. The summed E-state index contributed by atoms with van der Waals surface area (Å²) in [6.45, 7) is 1.99. The van der Waals surface area contributed by atoms with Crippen molar-refractivity contribution in [3.8, 4) is 0 Å². The SMILES string of the molecule is CCCC[C@H](NC(=O)[C@@H](N)Cc1c[nH]c2ccccc12)C(=O)N[C@H]([C]=O)Cc1ccc(Cl)c(Cl)c1. The second kappa shape index (κ2) is 12.7. The number of H-pyrrole nitrogens is 1. The van der Waals surface area contributed by atoms with E-state index in [0.717, 1.165) is 34.9 Å². The van der Waals surface area contributed by atoms with Gasteiger partial charge < -0.3 is 21.4 Å². The highest BCUT2D eigenvalue weighted by Gasteiger charge is 2.26. The lowest BCUT2D eigenvalue weighted by Crippen LogP contribution is -2.54. The molecule has 0 aliphatic rings. The average molecular weight is 516 g/mol. The molecule has 7 nitrogen and oxygen atoms in total.